The van der Waals surface area contributed by atoms with Crippen LogP contribution in [0.5, 0.6) is 0 Å². The van der Waals surface area contributed by atoms with E-state index in [4.69, 9.17) is 0 Å². The Morgan fingerprint density at radius 3 is 2.40 bits per heavy atom. The molecule has 138 valence electrons. The first-order chi connectivity index (χ1) is 11.8. The Labute approximate surface area is 150 Å². The third-order valence-corrected chi connectivity index (χ3v) is 4.44. The van der Waals surface area contributed by atoms with Crippen molar-refractivity contribution in [1.29, 1.82) is 0 Å². The summed E-state index contributed by atoms with van der Waals surface area (Å²) in [6, 6.07) is 6.00. The van der Waals surface area contributed by atoms with Crippen LogP contribution < -0.4 is 0 Å². The summed E-state index contributed by atoms with van der Waals surface area (Å²) >= 11 is 0. The maximum Gasteiger partial charge on any atom is 0.416 e. The zero-order valence-electron chi connectivity index (χ0n) is 15.5. The average Bonchev–Trinajstić information content (AvgIpc) is 2.58. The Morgan fingerprint density at radius 1 is 1.16 bits per heavy atom. The highest BCUT2D eigenvalue weighted by molar-refractivity contribution is 5.37. The van der Waals surface area contributed by atoms with E-state index >= 15 is 0 Å². The average molecular weight is 350 g/mol. The smallest absolute Gasteiger partial charge is 0.166 e. The molecule has 0 radical (unpaired) electrons. The van der Waals surface area contributed by atoms with Crippen molar-refractivity contribution in [3.63, 3.8) is 0 Å². The van der Waals surface area contributed by atoms with E-state index in [2.05, 4.69) is 6.58 Å². The monoisotopic (exact) mass is 350 g/mol. The third kappa shape index (κ3) is 6.56. The minimum absolute atomic E-state index is 0.0635. The largest absolute Gasteiger partial charge is 0.416 e. The molecule has 0 saturated heterocycles. The zero-order chi connectivity index (χ0) is 18.9. The number of rotatable bonds is 9. The molecule has 3 heteroatoms. The first kappa shape index (κ1) is 21.3. The molecule has 0 aliphatic heterocycles. The summed E-state index contributed by atoms with van der Waals surface area (Å²) in [5, 5.41) is 0. The first-order valence-corrected chi connectivity index (χ1v) is 8.98. The maximum absolute atomic E-state index is 13.3. The molecule has 0 aromatic heterocycles. The summed E-state index contributed by atoms with van der Waals surface area (Å²) in [7, 11) is 0. The van der Waals surface area contributed by atoms with Crippen LogP contribution in [0.4, 0.5) is 13.2 Å². The van der Waals surface area contributed by atoms with Crippen LogP contribution in [-0.4, -0.2) is 0 Å². The summed E-state index contributed by atoms with van der Waals surface area (Å²) in [5.41, 5.74) is 2.09. The highest BCUT2D eigenvalue weighted by Gasteiger charge is 2.34. The molecule has 0 nitrogen and oxygen atoms in total. The van der Waals surface area contributed by atoms with Gasteiger partial charge in [-0.25, -0.2) is 0 Å². The molecule has 0 fully saturated rings. The van der Waals surface area contributed by atoms with Crippen LogP contribution >= 0.6 is 0 Å². The first-order valence-electron chi connectivity index (χ1n) is 8.98. The second-order valence-electron chi connectivity index (χ2n) is 6.31. The molecule has 1 aromatic rings. The van der Waals surface area contributed by atoms with Crippen molar-refractivity contribution in [1.82, 2.24) is 0 Å². The van der Waals surface area contributed by atoms with E-state index < -0.39 is 11.7 Å². The molecule has 0 bridgehead atoms. The van der Waals surface area contributed by atoms with E-state index in [-0.39, 0.29) is 5.92 Å². The van der Waals surface area contributed by atoms with Gasteiger partial charge < -0.3 is 0 Å². The van der Waals surface area contributed by atoms with Crippen molar-refractivity contribution in [3.8, 4) is 0 Å². The van der Waals surface area contributed by atoms with Crippen LogP contribution in [0.1, 0.15) is 69.9 Å². The SMILES string of the molecule is C=C(CCCC(CCC)c1ccccc1C(F)(F)F)C(/C=C\C)=C/C. The lowest BCUT2D eigenvalue weighted by Gasteiger charge is -2.21. The van der Waals surface area contributed by atoms with Crippen LogP contribution in [0, 0.1) is 0 Å². The van der Waals surface area contributed by atoms with Gasteiger partial charge in [-0.3, -0.25) is 0 Å². The molecule has 25 heavy (non-hydrogen) atoms. The van der Waals surface area contributed by atoms with Crippen LogP contribution in [0.15, 0.2) is 60.2 Å². The summed E-state index contributed by atoms with van der Waals surface area (Å²) in [6.45, 7) is 10.1. The summed E-state index contributed by atoms with van der Waals surface area (Å²) < 4.78 is 39.9. The van der Waals surface area contributed by atoms with Gasteiger partial charge >= 0.3 is 6.18 Å². The van der Waals surface area contributed by atoms with Gasteiger partial charge in [0.15, 0.2) is 0 Å². The molecule has 0 amide bonds. The highest BCUT2D eigenvalue weighted by Crippen LogP contribution is 2.38. The summed E-state index contributed by atoms with van der Waals surface area (Å²) in [6.07, 6.45) is 5.74. The van der Waals surface area contributed by atoms with E-state index in [9.17, 15) is 13.2 Å². The van der Waals surface area contributed by atoms with Gasteiger partial charge in [0.05, 0.1) is 5.56 Å². The minimum atomic E-state index is -4.30. The Bertz CT molecular complexity index is 606. The van der Waals surface area contributed by atoms with Crippen LogP contribution in [0.3, 0.4) is 0 Å². The molecule has 0 spiro atoms. The maximum atomic E-state index is 13.3. The molecule has 0 aliphatic rings. The van der Waals surface area contributed by atoms with E-state index in [1.165, 1.54) is 12.1 Å². The molecular weight excluding hydrogens is 321 g/mol. The van der Waals surface area contributed by atoms with E-state index in [0.717, 1.165) is 43.3 Å². The molecule has 0 N–H and O–H groups in total. The molecule has 1 atom stereocenters. The van der Waals surface area contributed by atoms with Gasteiger partial charge in [0, 0.05) is 0 Å². The van der Waals surface area contributed by atoms with Crippen molar-refractivity contribution in [2.24, 2.45) is 0 Å². The van der Waals surface area contributed by atoms with Crippen molar-refractivity contribution in [2.75, 3.05) is 0 Å². The fourth-order valence-electron chi connectivity index (χ4n) is 3.22. The molecule has 1 aromatic carbocycles. The van der Waals surface area contributed by atoms with Gasteiger partial charge in [-0.15, -0.1) is 0 Å². The van der Waals surface area contributed by atoms with Gasteiger partial charge in [0.25, 0.3) is 0 Å². The highest BCUT2D eigenvalue weighted by atomic mass is 19.4. The standard InChI is InChI=1S/C22H29F3/c1-5-11-18(7-3)17(4)13-10-14-19(12-6-2)20-15-8-9-16-21(20)22(23,24)25/h5,7-9,11,15-16,19H,4,6,10,12-14H2,1-3H3/b11-5-,18-7+. The quantitative estimate of drug-likeness (QED) is 0.398. The normalized spacial score (nSPS) is 14.1. The third-order valence-electron chi connectivity index (χ3n) is 4.44. The number of alkyl halides is 3. The van der Waals surface area contributed by atoms with Crippen LogP contribution in [-0.2, 0) is 6.18 Å². The fraction of sp³-hybridized carbons (Fsp3) is 0.455. The lowest BCUT2D eigenvalue weighted by atomic mass is 9.85. The number of hydrogen-bond donors (Lipinski definition) is 0. The molecule has 0 saturated carbocycles. The molecule has 0 heterocycles. The van der Waals surface area contributed by atoms with Gasteiger partial charge in [0.2, 0.25) is 0 Å². The summed E-state index contributed by atoms with van der Waals surface area (Å²) in [5.74, 6) is -0.0635. The Morgan fingerprint density at radius 2 is 1.84 bits per heavy atom. The Hall–Kier alpha value is -1.77. The van der Waals surface area contributed by atoms with Crippen molar-refractivity contribution in [2.45, 2.75) is 65.0 Å². The molecule has 1 rings (SSSR count). The Balaban J connectivity index is 2.85. The second kappa shape index (κ2) is 10.3. The fourth-order valence-corrected chi connectivity index (χ4v) is 3.22. The predicted octanol–water partition coefficient (Wildman–Crippen LogP) is 7.84. The number of halogens is 3. The second-order valence-corrected chi connectivity index (χ2v) is 6.31. The van der Waals surface area contributed by atoms with Crippen molar-refractivity contribution >= 4 is 0 Å². The van der Waals surface area contributed by atoms with E-state index in [0.29, 0.717) is 5.56 Å². The van der Waals surface area contributed by atoms with E-state index in [1.807, 2.05) is 39.0 Å². The van der Waals surface area contributed by atoms with Gasteiger partial charge in [0.1, 0.15) is 0 Å². The summed E-state index contributed by atoms with van der Waals surface area (Å²) in [4.78, 5) is 0. The van der Waals surface area contributed by atoms with Gasteiger partial charge in [-0.05, 0) is 68.2 Å². The lowest BCUT2D eigenvalue weighted by molar-refractivity contribution is -0.138. The van der Waals surface area contributed by atoms with Crippen molar-refractivity contribution in [3.05, 3.63) is 71.3 Å². The van der Waals surface area contributed by atoms with Crippen molar-refractivity contribution < 1.29 is 13.2 Å². The molecule has 1 unspecified atom stereocenters. The van der Waals surface area contributed by atoms with E-state index in [1.54, 1.807) is 12.1 Å². The van der Waals surface area contributed by atoms with Crippen LogP contribution in [0.25, 0.3) is 0 Å². The zero-order valence-corrected chi connectivity index (χ0v) is 15.5. The number of allylic oxidation sites excluding steroid dienone is 5. The topological polar surface area (TPSA) is 0 Å². The van der Waals surface area contributed by atoms with Gasteiger partial charge in [-0.1, -0.05) is 56.4 Å². The van der Waals surface area contributed by atoms with Gasteiger partial charge in [-0.2, -0.15) is 13.2 Å². The minimum Gasteiger partial charge on any atom is -0.166 e. The molecule has 0 aliphatic carbocycles. The lowest BCUT2D eigenvalue weighted by Crippen LogP contribution is -2.12. The molecular formula is C22H29F3. The number of benzene rings is 1. The Kier molecular flexibility index (Phi) is 8.74. The van der Waals surface area contributed by atoms with Crippen LogP contribution in [0.2, 0.25) is 0 Å². The number of hydrogen-bond acceptors (Lipinski definition) is 0. The predicted molar refractivity (Wildman–Crippen MR) is 101 cm³/mol.